The van der Waals surface area contributed by atoms with Gasteiger partial charge in [-0.3, -0.25) is 4.79 Å². The second-order valence-electron chi connectivity index (χ2n) is 9.29. The minimum absolute atomic E-state index is 0.0265. The first-order valence-electron chi connectivity index (χ1n) is 11.2. The van der Waals surface area contributed by atoms with E-state index in [1.54, 1.807) is 25.1 Å². The summed E-state index contributed by atoms with van der Waals surface area (Å²) in [5.74, 6) is -1.75. The predicted octanol–water partition coefficient (Wildman–Crippen LogP) is 2.50. The number of fused-ring (bicyclic) bond motifs is 1. The molecule has 10 nitrogen and oxygen atoms in total. The number of pyridine rings is 1. The van der Waals surface area contributed by atoms with E-state index in [4.69, 9.17) is 16.9 Å². The molecule has 13 heteroatoms. The van der Waals surface area contributed by atoms with Gasteiger partial charge in [0.25, 0.3) is 5.91 Å². The zero-order valence-electron chi connectivity index (χ0n) is 19.6. The average molecular weight is 538 g/mol. The van der Waals surface area contributed by atoms with Crippen LogP contribution in [0.15, 0.2) is 23.1 Å². The van der Waals surface area contributed by atoms with Crippen molar-refractivity contribution in [2.75, 3.05) is 11.9 Å². The molecule has 192 valence electrons. The van der Waals surface area contributed by atoms with E-state index >= 15 is 0 Å². The van der Waals surface area contributed by atoms with Crippen molar-refractivity contribution in [3.8, 4) is 6.07 Å². The molecular weight excluding hydrogens is 513 g/mol. The maximum atomic E-state index is 14.0. The fourth-order valence-corrected chi connectivity index (χ4v) is 7.55. The normalized spacial score (nSPS) is 21.2. The van der Waals surface area contributed by atoms with Gasteiger partial charge in [-0.25, -0.2) is 13.4 Å². The Morgan fingerprint density at radius 1 is 1.42 bits per heavy atom. The van der Waals surface area contributed by atoms with Gasteiger partial charge in [-0.15, -0.1) is 0 Å². The number of halogens is 2. The van der Waals surface area contributed by atoms with Crippen molar-refractivity contribution >= 4 is 39.3 Å². The molecule has 1 fully saturated rings. The van der Waals surface area contributed by atoms with Crippen LogP contribution in [-0.4, -0.2) is 62.7 Å². The van der Waals surface area contributed by atoms with E-state index in [0.717, 1.165) is 6.07 Å². The number of anilines is 1. The van der Waals surface area contributed by atoms with E-state index in [9.17, 15) is 27.8 Å². The number of aromatic nitrogens is 2. The first kappa shape index (κ1) is 26.2. The summed E-state index contributed by atoms with van der Waals surface area (Å²) in [7, 11) is -4.23. The lowest BCUT2D eigenvalue weighted by Crippen LogP contribution is -2.45. The lowest BCUT2D eigenvalue weighted by Gasteiger charge is -2.32. The van der Waals surface area contributed by atoms with Crippen LogP contribution >= 0.6 is 11.6 Å². The van der Waals surface area contributed by atoms with Crippen molar-refractivity contribution in [1.29, 1.82) is 5.26 Å². The maximum absolute atomic E-state index is 14.0. The molecule has 0 aliphatic carbocycles. The van der Waals surface area contributed by atoms with Gasteiger partial charge in [0.15, 0.2) is 0 Å². The topological polar surface area (TPSA) is 149 Å². The van der Waals surface area contributed by atoms with E-state index in [2.05, 4.69) is 10.3 Å². The van der Waals surface area contributed by atoms with Crippen molar-refractivity contribution < 1.29 is 27.8 Å². The van der Waals surface area contributed by atoms with Crippen LogP contribution in [0.25, 0.3) is 6.08 Å². The Labute approximate surface area is 212 Å². The van der Waals surface area contributed by atoms with Gasteiger partial charge in [0.1, 0.15) is 22.4 Å². The van der Waals surface area contributed by atoms with Crippen LogP contribution in [0.1, 0.15) is 55.0 Å². The molecule has 3 unspecified atom stereocenters. The number of nitriles is 1. The molecule has 2 aromatic rings. The molecule has 36 heavy (non-hydrogen) atoms. The zero-order chi connectivity index (χ0) is 26.4. The van der Waals surface area contributed by atoms with Crippen LogP contribution in [0.5, 0.6) is 0 Å². The Kier molecular flexibility index (Phi) is 6.98. The Balaban J connectivity index is 1.75. The fraction of sp³-hybridized carbons (Fsp3) is 0.435. The monoisotopic (exact) mass is 537 g/mol. The SMILES string of the molecule is CC1CCC(CC(C)(O)CO)N1S(=O)(=O)c1c(Cl)c(C(=O)Nc2cc(F)nc(C#N)c2)n2c1C=CC2. The third-order valence-electron chi connectivity index (χ3n) is 6.41. The number of aliphatic hydroxyl groups excluding tert-OH is 1. The number of rotatable bonds is 7. The number of carbonyl (C=O) groups is 1. The van der Waals surface area contributed by atoms with E-state index in [1.807, 2.05) is 0 Å². The van der Waals surface area contributed by atoms with Crippen LogP contribution in [0.4, 0.5) is 10.1 Å². The number of hydrogen-bond acceptors (Lipinski definition) is 7. The molecule has 2 aliphatic rings. The molecule has 1 saturated heterocycles. The highest BCUT2D eigenvalue weighted by Crippen LogP contribution is 2.42. The molecule has 0 spiro atoms. The zero-order valence-corrected chi connectivity index (χ0v) is 21.1. The van der Waals surface area contributed by atoms with Gasteiger partial charge >= 0.3 is 0 Å². The van der Waals surface area contributed by atoms with Crippen molar-refractivity contribution in [3.05, 3.63) is 46.3 Å². The number of hydrogen-bond donors (Lipinski definition) is 3. The number of allylic oxidation sites excluding steroid dienone is 1. The number of sulfonamides is 1. The number of nitrogens with one attached hydrogen (secondary N) is 1. The second-order valence-corrected chi connectivity index (χ2v) is 11.5. The van der Waals surface area contributed by atoms with Gasteiger partial charge in [0.2, 0.25) is 16.0 Å². The van der Waals surface area contributed by atoms with Gasteiger partial charge in [0.05, 0.1) is 22.9 Å². The summed E-state index contributed by atoms with van der Waals surface area (Å²) >= 11 is 6.57. The molecule has 1 amide bonds. The predicted molar refractivity (Wildman–Crippen MR) is 129 cm³/mol. The summed E-state index contributed by atoms with van der Waals surface area (Å²) in [5, 5.41) is 31.1. The first-order valence-corrected chi connectivity index (χ1v) is 13.1. The largest absolute Gasteiger partial charge is 0.393 e. The number of nitrogens with zero attached hydrogens (tertiary/aromatic N) is 4. The fourth-order valence-electron chi connectivity index (χ4n) is 4.84. The quantitative estimate of drug-likeness (QED) is 0.459. The Hall–Kier alpha value is -2.82. The molecule has 3 atom stereocenters. The highest BCUT2D eigenvalue weighted by Gasteiger charge is 2.46. The number of amides is 1. The van der Waals surface area contributed by atoms with Crippen LogP contribution in [0, 0.1) is 17.3 Å². The molecule has 2 aromatic heterocycles. The van der Waals surface area contributed by atoms with E-state index < -0.39 is 46.2 Å². The first-order chi connectivity index (χ1) is 16.9. The van der Waals surface area contributed by atoms with Crippen molar-refractivity contribution in [2.45, 2.75) is 62.2 Å². The van der Waals surface area contributed by atoms with E-state index in [0.29, 0.717) is 12.8 Å². The molecule has 0 bridgehead atoms. The summed E-state index contributed by atoms with van der Waals surface area (Å²) in [6, 6.07) is 2.84. The van der Waals surface area contributed by atoms with Gasteiger partial charge in [-0.05, 0) is 45.3 Å². The highest BCUT2D eigenvalue weighted by atomic mass is 35.5. The van der Waals surface area contributed by atoms with Crippen molar-refractivity contribution in [2.24, 2.45) is 0 Å². The van der Waals surface area contributed by atoms with Crippen LogP contribution in [-0.2, 0) is 16.6 Å². The summed E-state index contributed by atoms with van der Waals surface area (Å²) in [5.41, 5.74) is -1.64. The molecule has 2 aliphatic heterocycles. The highest BCUT2D eigenvalue weighted by molar-refractivity contribution is 7.89. The third kappa shape index (κ3) is 4.65. The average Bonchev–Trinajstić information content (AvgIpc) is 3.46. The van der Waals surface area contributed by atoms with Crippen LogP contribution < -0.4 is 5.32 Å². The van der Waals surface area contributed by atoms with E-state index in [-0.39, 0.29) is 45.7 Å². The Morgan fingerprint density at radius 3 is 2.81 bits per heavy atom. The molecular formula is C23H25ClFN5O5S. The summed E-state index contributed by atoms with van der Waals surface area (Å²) < 4.78 is 44.4. The summed E-state index contributed by atoms with van der Waals surface area (Å²) in [6.45, 7) is 2.86. The van der Waals surface area contributed by atoms with Gasteiger partial charge in [0, 0.05) is 30.4 Å². The minimum Gasteiger partial charge on any atom is -0.393 e. The maximum Gasteiger partial charge on any atom is 0.273 e. The van der Waals surface area contributed by atoms with Crippen molar-refractivity contribution in [1.82, 2.24) is 13.9 Å². The van der Waals surface area contributed by atoms with E-state index in [1.165, 1.54) is 21.9 Å². The summed E-state index contributed by atoms with van der Waals surface area (Å²) in [6.07, 6.45) is 4.32. The molecule has 3 N–H and O–H groups in total. The molecule has 0 saturated carbocycles. The minimum atomic E-state index is -4.23. The second kappa shape index (κ2) is 9.57. The van der Waals surface area contributed by atoms with Gasteiger partial charge in [-0.2, -0.15) is 14.0 Å². The Bertz CT molecular complexity index is 1400. The Morgan fingerprint density at radius 2 is 2.14 bits per heavy atom. The molecule has 0 aromatic carbocycles. The number of aliphatic hydroxyl groups is 2. The number of carbonyl (C=O) groups excluding carboxylic acids is 1. The summed E-state index contributed by atoms with van der Waals surface area (Å²) in [4.78, 5) is 16.3. The van der Waals surface area contributed by atoms with Crippen LogP contribution in [0.2, 0.25) is 5.02 Å². The lowest BCUT2D eigenvalue weighted by atomic mass is 9.97. The smallest absolute Gasteiger partial charge is 0.273 e. The standard InChI is InChI=1S/C23H25ClFN5O5S/c1-13-5-6-16(10-23(2,33)12-31)30(13)36(34,35)21-17-4-3-7-29(17)20(19(21)24)22(32)28-14-8-15(11-26)27-18(25)9-14/h3-4,8-9,13,16,31,33H,5-7,10,12H2,1-2H3,(H,27,28,32). The molecule has 4 rings (SSSR count). The molecule has 0 radical (unpaired) electrons. The van der Waals surface area contributed by atoms with Gasteiger partial charge < -0.3 is 20.1 Å². The van der Waals surface area contributed by atoms with Gasteiger partial charge in [-0.1, -0.05) is 17.7 Å². The van der Waals surface area contributed by atoms with Crippen molar-refractivity contribution in [3.63, 3.8) is 0 Å². The third-order valence-corrected chi connectivity index (χ3v) is 9.03. The van der Waals surface area contributed by atoms with Crippen LogP contribution in [0.3, 0.4) is 0 Å². The molecule has 4 heterocycles. The lowest BCUT2D eigenvalue weighted by molar-refractivity contribution is -0.0169.